The highest BCUT2D eigenvalue weighted by Crippen LogP contribution is 2.19. The fourth-order valence-electron chi connectivity index (χ4n) is 1.66. The molecule has 0 aliphatic heterocycles. The van der Waals surface area contributed by atoms with Gasteiger partial charge in [0.05, 0.1) is 19.0 Å². The van der Waals surface area contributed by atoms with Crippen molar-refractivity contribution in [3.63, 3.8) is 0 Å². The molecule has 2 aromatic rings. The summed E-state index contributed by atoms with van der Waals surface area (Å²) in [6, 6.07) is 6.73. The zero-order valence-electron chi connectivity index (χ0n) is 10.8. The minimum Gasteiger partial charge on any atom is -0.497 e. The zero-order valence-corrected chi connectivity index (χ0v) is 10.8. The van der Waals surface area contributed by atoms with Crippen molar-refractivity contribution in [1.29, 1.82) is 0 Å². The second-order valence-electron chi connectivity index (χ2n) is 3.83. The lowest BCUT2D eigenvalue weighted by atomic mass is 10.3. The Morgan fingerprint density at radius 2 is 1.95 bits per heavy atom. The van der Waals surface area contributed by atoms with Gasteiger partial charge < -0.3 is 15.2 Å². The standard InChI is InChI=1S/C13H15N3O3/c1-3-16-12(11(14)8-15-16)13(17)19-10-6-4-9(18-2)5-7-10/h4-8H,3,14H2,1-2H3. The molecule has 19 heavy (non-hydrogen) atoms. The number of carbonyl (C=O) groups is 1. The number of nitrogen functional groups attached to an aromatic ring is 1. The first-order valence-corrected chi connectivity index (χ1v) is 5.83. The lowest BCUT2D eigenvalue weighted by molar-refractivity contribution is 0.0723. The fourth-order valence-corrected chi connectivity index (χ4v) is 1.66. The monoisotopic (exact) mass is 261 g/mol. The summed E-state index contributed by atoms with van der Waals surface area (Å²) in [5, 5.41) is 4.00. The van der Waals surface area contributed by atoms with Crippen LogP contribution in [0, 0.1) is 0 Å². The molecule has 0 unspecified atom stereocenters. The lowest BCUT2D eigenvalue weighted by Crippen LogP contribution is -2.16. The van der Waals surface area contributed by atoms with Crippen LogP contribution in [-0.4, -0.2) is 22.9 Å². The SMILES string of the molecule is CCn1ncc(N)c1C(=O)Oc1ccc(OC)cc1. The zero-order chi connectivity index (χ0) is 13.8. The van der Waals surface area contributed by atoms with E-state index in [1.807, 2.05) is 6.92 Å². The van der Waals surface area contributed by atoms with E-state index in [0.717, 1.165) is 0 Å². The first kappa shape index (κ1) is 12.9. The Labute approximate surface area is 110 Å². The Balaban J connectivity index is 2.18. The number of aromatic nitrogens is 2. The third-order valence-electron chi connectivity index (χ3n) is 2.63. The van der Waals surface area contributed by atoms with Gasteiger partial charge in [0.2, 0.25) is 0 Å². The highest BCUT2D eigenvalue weighted by Gasteiger charge is 2.18. The molecule has 0 saturated heterocycles. The van der Waals surface area contributed by atoms with Gasteiger partial charge in [0, 0.05) is 6.54 Å². The minimum absolute atomic E-state index is 0.262. The molecule has 0 spiro atoms. The van der Waals surface area contributed by atoms with Crippen LogP contribution in [0.15, 0.2) is 30.5 Å². The number of ether oxygens (including phenoxy) is 2. The molecule has 6 nitrogen and oxygen atoms in total. The van der Waals surface area contributed by atoms with Crippen molar-refractivity contribution < 1.29 is 14.3 Å². The number of hydrogen-bond acceptors (Lipinski definition) is 5. The predicted molar refractivity (Wildman–Crippen MR) is 70.3 cm³/mol. The number of nitrogens with two attached hydrogens (primary N) is 1. The third kappa shape index (κ3) is 2.67. The molecule has 0 saturated carbocycles. The fraction of sp³-hybridized carbons (Fsp3) is 0.231. The number of nitrogens with zero attached hydrogens (tertiary/aromatic N) is 2. The minimum atomic E-state index is -0.526. The molecule has 2 rings (SSSR count). The third-order valence-corrected chi connectivity index (χ3v) is 2.63. The van der Waals surface area contributed by atoms with Gasteiger partial charge in [-0.3, -0.25) is 4.68 Å². The first-order chi connectivity index (χ1) is 9.15. The Morgan fingerprint density at radius 3 is 2.53 bits per heavy atom. The summed E-state index contributed by atoms with van der Waals surface area (Å²) in [6.45, 7) is 2.42. The van der Waals surface area contributed by atoms with Gasteiger partial charge in [-0.1, -0.05) is 0 Å². The maximum Gasteiger partial charge on any atom is 0.364 e. The van der Waals surface area contributed by atoms with E-state index in [4.69, 9.17) is 15.2 Å². The van der Waals surface area contributed by atoms with Gasteiger partial charge >= 0.3 is 5.97 Å². The summed E-state index contributed by atoms with van der Waals surface area (Å²) >= 11 is 0. The Morgan fingerprint density at radius 1 is 1.32 bits per heavy atom. The van der Waals surface area contributed by atoms with Crippen molar-refractivity contribution in [3.8, 4) is 11.5 Å². The van der Waals surface area contributed by atoms with Gasteiger partial charge in [-0.05, 0) is 31.2 Å². The number of carbonyl (C=O) groups excluding carboxylic acids is 1. The maximum atomic E-state index is 12.0. The van der Waals surface area contributed by atoms with Crippen LogP contribution in [0.3, 0.4) is 0 Å². The van der Waals surface area contributed by atoms with Crippen LogP contribution < -0.4 is 15.2 Å². The molecular formula is C13H15N3O3. The van der Waals surface area contributed by atoms with Gasteiger partial charge in [-0.25, -0.2) is 4.79 Å². The highest BCUT2D eigenvalue weighted by atomic mass is 16.5. The highest BCUT2D eigenvalue weighted by molar-refractivity contribution is 5.94. The number of rotatable bonds is 4. The smallest absolute Gasteiger partial charge is 0.364 e. The second kappa shape index (κ2) is 5.43. The summed E-state index contributed by atoms with van der Waals surface area (Å²) in [5.41, 5.74) is 6.28. The molecule has 1 aromatic carbocycles. The van der Waals surface area contributed by atoms with Crippen LogP contribution in [0.1, 0.15) is 17.4 Å². The molecule has 0 radical (unpaired) electrons. The molecule has 0 amide bonds. The van der Waals surface area contributed by atoms with Gasteiger partial charge in [-0.15, -0.1) is 0 Å². The van der Waals surface area contributed by atoms with Gasteiger partial charge in [0.25, 0.3) is 0 Å². The molecule has 0 aliphatic carbocycles. The molecule has 0 bridgehead atoms. The lowest BCUT2D eigenvalue weighted by Gasteiger charge is -2.07. The van der Waals surface area contributed by atoms with Gasteiger partial charge in [-0.2, -0.15) is 5.10 Å². The van der Waals surface area contributed by atoms with E-state index >= 15 is 0 Å². The number of aryl methyl sites for hydroxylation is 1. The predicted octanol–water partition coefficient (Wildman–Crippen LogP) is 1.71. The molecule has 6 heteroatoms. The average Bonchev–Trinajstić information content (AvgIpc) is 2.80. The summed E-state index contributed by atoms with van der Waals surface area (Å²) in [7, 11) is 1.57. The van der Waals surface area contributed by atoms with E-state index in [0.29, 0.717) is 23.7 Å². The Bertz CT molecular complexity index is 575. The second-order valence-corrected chi connectivity index (χ2v) is 3.83. The van der Waals surface area contributed by atoms with E-state index in [1.54, 1.807) is 31.4 Å². The normalized spacial score (nSPS) is 10.2. The number of methoxy groups -OCH3 is 1. The van der Waals surface area contributed by atoms with Crippen LogP contribution in [0.2, 0.25) is 0 Å². The molecule has 1 heterocycles. The van der Waals surface area contributed by atoms with Crippen molar-refractivity contribution in [2.75, 3.05) is 12.8 Å². The van der Waals surface area contributed by atoms with Crippen molar-refractivity contribution >= 4 is 11.7 Å². The molecule has 100 valence electrons. The van der Waals surface area contributed by atoms with Crippen LogP contribution in [0.4, 0.5) is 5.69 Å². The first-order valence-electron chi connectivity index (χ1n) is 5.83. The van der Waals surface area contributed by atoms with Crippen molar-refractivity contribution in [2.24, 2.45) is 0 Å². The Kier molecular flexibility index (Phi) is 3.70. The maximum absolute atomic E-state index is 12.0. The molecule has 0 fully saturated rings. The van der Waals surface area contributed by atoms with E-state index in [2.05, 4.69) is 5.10 Å². The van der Waals surface area contributed by atoms with E-state index < -0.39 is 5.97 Å². The summed E-state index contributed by atoms with van der Waals surface area (Å²) < 4.78 is 11.8. The largest absolute Gasteiger partial charge is 0.497 e. The number of hydrogen-bond donors (Lipinski definition) is 1. The molecule has 1 aromatic heterocycles. The molecule has 0 aliphatic rings. The summed E-state index contributed by atoms with van der Waals surface area (Å²) in [5.74, 6) is 0.592. The quantitative estimate of drug-likeness (QED) is 0.669. The van der Waals surface area contributed by atoms with Crippen LogP contribution in [-0.2, 0) is 6.54 Å². The van der Waals surface area contributed by atoms with Crippen molar-refractivity contribution in [1.82, 2.24) is 9.78 Å². The average molecular weight is 261 g/mol. The van der Waals surface area contributed by atoms with Crippen molar-refractivity contribution in [2.45, 2.75) is 13.5 Å². The number of anilines is 1. The van der Waals surface area contributed by atoms with Gasteiger partial charge in [0.15, 0.2) is 5.69 Å². The van der Waals surface area contributed by atoms with Crippen LogP contribution in [0.25, 0.3) is 0 Å². The van der Waals surface area contributed by atoms with E-state index in [1.165, 1.54) is 10.9 Å². The summed E-state index contributed by atoms with van der Waals surface area (Å²) in [6.07, 6.45) is 1.44. The topological polar surface area (TPSA) is 79.4 Å². The Hall–Kier alpha value is -2.50. The van der Waals surface area contributed by atoms with Gasteiger partial charge in [0.1, 0.15) is 11.5 Å². The van der Waals surface area contributed by atoms with Crippen LogP contribution >= 0.6 is 0 Å². The van der Waals surface area contributed by atoms with Crippen molar-refractivity contribution in [3.05, 3.63) is 36.2 Å². The summed E-state index contributed by atoms with van der Waals surface area (Å²) in [4.78, 5) is 12.0. The number of benzene rings is 1. The molecular weight excluding hydrogens is 246 g/mol. The van der Waals surface area contributed by atoms with E-state index in [9.17, 15) is 4.79 Å². The van der Waals surface area contributed by atoms with E-state index in [-0.39, 0.29) is 5.69 Å². The molecule has 0 atom stereocenters. The molecule has 2 N–H and O–H groups in total. The number of esters is 1. The van der Waals surface area contributed by atoms with Crippen LogP contribution in [0.5, 0.6) is 11.5 Å².